The number of benzene rings is 1. The van der Waals surface area contributed by atoms with Crippen LogP contribution in [0.2, 0.25) is 0 Å². The normalized spacial score (nSPS) is 15.9. The third-order valence-corrected chi connectivity index (χ3v) is 3.47. The number of nitrogens with zero attached hydrogens (tertiary/aromatic N) is 1. The molecule has 2 aromatic rings. The number of rotatable bonds is 4. The van der Waals surface area contributed by atoms with E-state index in [0.29, 0.717) is 18.5 Å². The fourth-order valence-corrected chi connectivity index (χ4v) is 2.30. The van der Waals surface area contributed by atoms with Crippen molar-refractivity contribution in [1.82, 2.24) is 5.32 Å². The van der Waals surface area contributed by atoms with Gasteiger partial charge in [-0.25, -0.2) is 0 Å². The Hall–Kier alpha value is -1.97. The summed E-state index contributed by atoms with van der Waals surface area (Å²) in [5.74, 6) is 1.54. The summed E-state index contributed by atoms with van der Waals surface area (Å²) >= 11 is 0. The van der Waals surface area contributed by atoms with Gasteiger partial charge in [-0.2, -0.15) is 0 Å². The fourth-order valence-electron chi connectivity index (χ4n) is 2.30. The molecule has 100 valence electrons. The zero-order valence-corrected chi connectivity index (χ0v) is 11.1. The highest BCUT2D eigenvalue weighted by Crippen LogP contribution is 2.25. The largest absolute Gasteiger partial charge is 0.461 e. The maximum atomic E-state index is 5.82. The number of nitrogens with two attached hydrogens (primary N) is 1. The van der Waals surface area contributed by atoms with E-state index in [0.717, 1.165) is 17.8 Å². The maximum Gasteiger partial charge on any atom is 0.188 e. The average Bonchev–Trinajstić information content (AvgIpc) is 3.14. The van der Waals surface area contributed by atoms with Crippen LogP contribution in [0.3, 0.4) is 0 Å². The van der Waals surface area contributed by atoms with Crippen molar-refractivity contribution >= 4 is 16.9 Å². The third kappa shape index (κ3) is 2.72. The Kier molecular flexibility index (Phi) is 3.15. The zero-order valence-electron chi connectivity index (χ0n) is 11.1. The third-order valence-electron chi connectivity index (χ3n) is 3.47. The van der Waals surface area contributed by atoms with Gasteiger partial charge in [0.15, 0.2) is 5.96 Å². The van der Waals surface area contributed by atoms with Crippen molar-refractivity contribution in [2.24, 2.45) is 10.7 Å². The number of aryl methyl sites for hydroxylation is 1. The van der Waals surface area contributed by atoms with Crippen molar-refractivity contribution in [3.8, 4) is 0 Å². The molecule has 4 nitrogen and oxygen atoms in total. The van der Waals surface area contributed by atoms with Crippen LogP contribution in [-0.4, -0.2) is 18.5 Å². The van der Waals surface area contributed by atoms with Crippen LogP contribution in [0.5, 0.6) is 0 Å². The molecule has 0 aliphatic heterocycles. The standard InChI is InChI=1S/C15H19N3O/c1-10-12(13-4-2-3-5-14(13)19-10)8-9-17-15(16)18-11-6-7-11/h2-5,11H,6-9H2,1H3,(H3,16,17,18). The molecule has 1 aromatic carbocycles. The van der Waals surface area contributed by atoms with E-state index in [1.165, 1.54) is 23.8 Å². The van der Waals surface area contributed by atoms with E-state index in [1.807, 2.05) is 25.1 Å². The van der Waals surface area contributed by atoms with Crippen LogP contribution in [0.25, 0.3) is 11.0 Å². The summed E-state index contributed by atoms with van der Waals surface area (Å²) in [6.07, 6.45) is 3.28. The second kappa shape index (κ2) is 4.96. The lowest BCUT2D eigenvalue weighted by molar-refractivity contribution is 0.572. The van der Waals surface area contributed by atoms with Gasteiger partial charge in [0, 0.05) is 23.5 Å². The monoisotopic (exact) mass is 257 g/mol. The van der Waals surface area contributed by atoms with E-state index in [4.69, 9.17) is 10.2 Å². The Balaban J connectivity index is 1.69. The quantitative estimate of drug-likeness (QED) is 0.653. The zero-order chi connectivity index (χ0) is 13.2. The van der Waals surface area contributed by atoms with Gasteiger partial charge in [-0.1, -0.05) is 18.2 Å². The first-order valence-electron chi connectivity index (χ1n) is 6.77. The molecule has 3 rings (SSSR count). The van der Waals surface area contributed by atoms with Crippen LogP contribution in [-0.2, 0) is 6.42 Å². The van der Waals surface area contributed by atoms with E-state index >= 15 is 0 Å². The maximum absolute atomic E-state index is 5.82. The molecule has 19 heavy (non-hydrogen) atoms. The molecule has 0 radical (unpaired) electrons. The lowest BCUT2D eigenvalue weighted by atomic mass is 10.1. The van der Waals surface area contributed by atoms with Gasteiger partial charge in [0.05, 0.1) is 0 Å². The molecule has 1 saturated carbocycles. The molecular weight excluding hydrogens is 238 g/mol. The summed E-state index contributed by atoms with van der Waals surface area (Å²) in [5, 5.41) is 4.37. The number of para-hydroxylation sites is 1. The minimum absolute atomic E-state index is 0.556. The van der Waals surface area contributed by atoms with E-state index in [-0.39, 0.29) is 0 Å². The Morgan fingerprint density at radius 1 is 1.42 bits per heavy atom. The molecule has 1 aromatic heterocycles. The molecule has 0 unspecified atom stereocenters. The van der Waals surface area contributed by atoms with Crippen molar-refractivity contribution in [1.29, 1.82) is 0 Å². The fraction of sp³-hybridized carbons (Fsp3) is 0.400. The van der Waals surface area contributed by atoms with Crippen molar-refractivity contribution in [3.05, 3.63) is 35.6 Å². The molecule has 0 bridgehead atoms. The highest BCUT2D eigenvalue weighted by Gasteiger charge is 2.21. The molecular formula is C15H19N3O. The van der Waals surface area contributed by atoms with Gasteiger partial charge in [-0.3, -0.25) is 4.99 Å². The number of hydrogen-bond donors (Lipinski definition) is 2. The van der Waals surface area contributed by atoms with Crippen LogP contribution >= 0.6 is 0 Å². The highest BCUT2D eigenvalue weighted by molar-refractivity contribution is 5.82. The smallest absolute Gasteiger partial charge is 0.188 e. The Bertz CT molecular complexity index is 611. The Labute approximate surface area is 112 Å². The lowest BCUT2D eigenvalue weighted by Gasteiger charge is -2.03. The van der Waals surface area contributed by atoms with E-state index in [1.54, 1.807) is 0 Å². The molecule has 1 heterocycles. The second-order valence-corrected chi connectivity index (χ2v) is 5.07. The van der Waals surface area contributed by atoms with Gasteiger partial charge in [0.2, 0.25) is 0 Å². The second-order valence-electron chi connectivity index (χ2n) is 5.07. The summed E-state index contributed by atoms with van der Waals surface area (Å²) in [6, 6.07) is 8.67. The topological polar surface area (TPSA) is 63.5 Å². The Morgan fingerprint density at radius 3 is 3.00 bits per heavy atom. The number of guanidine groups is 1. The van der Waals surface area contributed by atoms with Crippen molar-refractivity contribution < 1.29 is 4.42 Å². The number of aliphatic imine (C=N–C) groups is 1. The van der Waals surface area contributed by atoms with Gasteiger partial charge < -0.3 is 15.5 Å². The first-order chi connectivity index (χ1) is 9.24. The molecule has 1 fully saturated rings. The first kappa shape index (κ1) is 12.1. The van der Waals surface area contributed by atoms with Crippen LogP contribution in [0, 0.1) is 6.92 Å². The van der Waals surface area contributed by atoms with Gasteiger partial charge in [0.1, 0.15) is 11.3 Å². The molecule has 1 aliphatic carbocycles. The summed E-state index contributed by atoms with van der Waals surface area (Å²) in [4.78, 5) is 4.37. The van der Waals surface area contributed by atoms with Gasteiger partial charge >= 0.3 is 0 Å². The Morgan fingerprint density at radius 2 is 2.21 bits per heavy atom. The van der Waals surface area contributed by atoms with Crippen LogP contribution in [0.1, 0.15) is 24.2 Å². The molecule has 1 aliphatic rings. The van der Waals surface area contributed by atoms with Crippen LogP contribution < -0.4 is 11.1 Å². The summed E-state index contributed by atoms with van der Waals surface area (Å²) in [5.41, 5.74) is 8.00. The molecule has 0 amide bonds. The predicted octanol–water partition coefficient (Wildman–Crippen LogP) is 2.35. The molecule has 0 saturated heterocycles. The summed E-state index contributed by atoms with van der Waals surface area (Å²) in [6.45, 7) is 2.70. The van der Waals surface area contributed by atoms with Gasteiger partial charge in [-0.15, -0.1) is 0 Å². The van der Waals surface area contributed by atoms with Crippen LogP contribution in [0.15, 0.2) is 33.7 Å². The van der Waals surface area contributed by atoms with Gasteiger partial charge in [0.25, 0.3) is 0 Å². The minimum Gasteiger partial charge on any atom is -0.461 e. The average molecular weight is 257 g/mol. The number of hydrogen-bond acceptors (Lipinski definition) is 2. The summed E-state index contributed by atoms with van der Waals surface area (Å²) < 4.78 is 5.74. The van der Waals surface area contributed by atoms with Gasteiger partial charge in [-0.05, 0) is 32.3 Å². The van der Waals surface area contributed by atoms with E-state index in [2.05, 4.69) is 16.4 Å². The molecule has 4 heteroatoms. The number of fused-ring (bicyclic) bond motifs is 1. The summed E-state index contributed by atoms with van der Waals surface area (Å²) in [7, 11) is 0. The van der Waals surface area contributed by atoms with Crippen molar-refractivity contribution in [3.63, 3.8) is 0 Å². The SMILES string of the molecule is Cc1oc2ccccc2c1CCN=C(N)NC1CC1. The van der Waals surface area contributed by atoms with Crippen molar-refractivity contribution in [2.45, 2.75) is 32.2 Å². The number of nitrogens with one attached hydrogen (secondary N) is 1. The van der Waals surface area contributed by atoms with E-state index < -0.39 is 0 Å². The number of furan rings is 1. The molecule has 0 spiro atoms. The van der Waals surface area contributed by atoms with Crippen molar-refractivity contribution in [2.75, 3.05) is 6.54 Å². The minimum atomic E-state index is 0.556. The molecule has 0 atom stereocenters. The predicted molar refractivity (Wildman–Crippen MR) is 77.3 cm³/mol. The first-order valence-corrected chi connectivity index (χ1v) is 6.77. The lowest BCUT2D eigenvalue weighted by Crippen LogP contribution is -2.33. The highest BCUT2D eigenvalue weighted by atomic mass is 16.3. The van der Waals surface area contributed by atoms with E-state index in [9.17, 15) is 0 Å². The molecule has 3 N–H and O–H groups in total. The van der Waals surface area contributed by atoms with Crippen LogP contribution in [0.4, 0.5) is 0 Å².